The molecule has 5 heteroatoms. The minimum Gasteiger partial charge on any atom is -0.269 e. The van der Waals surface area contributed by atoms with Crippen LogP contribution in [0.25, 0.3) is 5.69 Å². The van der Waals surface area contributed by atoms with E-state index in [4.69, 9.17) is 0 Å². The molecule has 2 aromatic carbocycles. The molecule has 3 aromatic rings. The van der Waals surface area contributed by atoms with E-state index in [1.54, 1.807) is 41.8 Å². The third-order valence-corrected chi connectivity index (χ3v) is 3.78. The highest BCUT2D eigenvalue weighted by molar-refractivity contribution is 7.06. The van der Waals surface area contributed by atoms with Crippen LogP contribution in [0.2, 0.25) is 0 Å². The first kappa shape index (κ1) is 14.2. The van der Waals surface area contributed by atoms with Crippen molar-refractivity contribution in [3.8, 4) is 5.69 Å². The maximum absolute atomic E-state index is 12.2. The van der Waals surface area contributed by atoms with Crippen molar-refractivity contribution in [3.63, 3.8) is 0 Å². The van der Waals surface area contributed by atoms with Gasteiger partial charge in [-0.05, 0) is 29.6 Å². The molecule has 0 aliphatic heterocycles. The van der Waals surface area contributed by atoms with Gasteiger partial charge in [0.15, 0.2) is 0 Å². The van der Waals surface area contributed by atoms with Crippen molar-refractivity contribution in [2.45, 2.75) is 0 Å². The summed E-state index contributed by atoms with van der Waals surface area (Å²) in [7, 11) is 0. The lowest BCUT2D eigenvalue weighted by Crippen LogP contribution is -2.30. The second-order valence-electron chi connectivity index (χ2n) is 4.50. The van der Waals surface area contributed by atoms with E-state index in [-0.39, 0.29) is 11.5 Å². The van der Waals surface area contributed by atoms with E-state index in [9.17, 15) is 9.59 Å². The molecule has 0 radical (unpaired) electrons. The van der Waals surface area contributed by atoms with E-state index >= 15 is 0 Å². The van der Waals surface area contributed by atoms with E-state index in [1.807, 2.05) is 24.3 Å². The van der Waals surface area contributed by atoms with Crippen molar-refractivity contribution in [3.05, 3.63) is 92.8 Å². The zero-order chi connectivity index (χ0) is 15.4. The molecule has 4 nitrogen and oxygen atoms in total. The largest absolute Gasteiger partial charge is 0.279 e. The molecule has 0 saturated heterocycles. The summed E-state index contributed by atoms with van der Waals surface area (Å²) < 4.78 is 1.44. The second-order valence-corrected chi connectivity index (χ2v) is 5.37. The van der Waals surface area contributed by atoms with E-state index in [0.29, 0.717) is 16.1 Å². The van der Waals surface area contributed by atoms with Crippen LogP contribution < -0.4 is 10.4 Å². The highest BCUT2D eigenvalue weighted by Crippen LogP contribution is 2.03. The number of aromatic nitrogens is 1. The van der Waals surface area contributed by atoms with Crippen LogP contribution in [-0.4, -0.2) is 10.5 Å². The quantitative estimate of drug-likeness (QED) is 0.731. The lowest BCUT2D eigenvalue weighted by Gasteiger charge is -2.04. The number of carbonyl (C=O) groups excluding carboxylic acids is 1. The average molecular weight is 308 g/mol. The predicted molar refractivity (Wildman–Crippen MR) is 86.3 cm³/mol. The molecular formula is C17H12N2O2S. The molecule has 22 heavy (non-hydrogen) atoms. The van der Waals surface area contributed by atoms with Gasteiger partial charge in [0.1, 0.15) is 0 Å². The topological polar surface area (TPSA) is 51.4 Å². The molecule has 0 atom stereocenters. The molecule has 0 unspecified atom stereocenters. The number of benzene rings is 2. The summed E-state index contributed by atoms with van der Waals surface area (Å²) >= 11 is 1.25. The first-order valence-corrected chi connectivity index (χ1v) is 7.54. The molecule has 1 heterocycles. The third-order valence-electron chi connectivity index (χ3n) is 3.03. The van der Waals surface area contributed by atoms with Crippen molar-refractivity contribution < 1.29 is 4.79 Å². The van der Waals surface area contributed by atoms with E-state index in [0.717, 1.165) is 0 Å². The van der Waals surface area contributed by atoms with Crippen LogP contribution in [0.5, 0.6) is 0 Å². The van der Waals surface area contributed by atoms with Gasteiger partial charge in [-0.2, -0.15) is 4.99 Å². The molecule has 0 aliphatic carbocycles. The Morgan fingerprint density at radius 3 is 2.23 bits per heavy atom. The van der Waals surface area contributed by atoms with Gasteiger partial charge in [-0.25, -0.2) is 0 Å². The van der Waals surface area contributed by atoms with Gasteiger partial charge in [-0.3, -0.25) is 14.2 Å². The Labute approximate surface area is 130 Å². The fourth-order valence-corrected chi connectivity index (χ4v) is 2.74. The highest BCUT2D eigenvalue weighted by atomic mass is 32.1. The summed E-state index contributed by atoms with van der Waals surface area (Å²) in [6, 6.07) is 19.4. The van der Waals surface area contributed by atoms with Crippen LogP contribution in [0.1, 0.15) is 10.4 Å². The highest BCUT2D eigenvalue weighted by Gasteiger charge is 2.06. The molecule has 1 aromatic heterocycles. The molecule has 0 saturated carbocycles. The first-order valence-electron chi connectivity index (χ1n) is 6.66. The first-order chi connectivity index (χ1) is 10.8. The third kappa shape index (κ3) is 2.94. The molecule has 0 spiro atoms. The van der Waals surface area contributed by atoms with Crippen LogP contribution in [0, 0.1) is 0 Å². The Morgan fingerprint density at radius 1 is 0.909 bits per heavy atom. The predicted octanol–water partition coefficient (Wildman–Crippen LogP) is 2.64. The normalized spacial score (nSPS) is 11.4. The summed E-state index contributed by atoms with van der Waals surface area (Å²) in [5.74, 6) is -0.368. The number of amides is 1. The Balaban J connectivity index is 2.17. The average Bonchev–Trinajstić information content (AvgIpc) is 2.56. The zero-order valence-electron chi connectivity index (χ0n) is 11.5. The lowest BCUT2D eigenvalue weighted by atomic mass is 10.2. The van der Waals surface area contributed by atoms with Crippen LogP contribution in [0.4, 0.5) is 0 Å². The number of hydrogen-bond acceptors (Lipinski definition) is 3. The summed E-state index contributed by atoms with van der Waals surface area (Å²) in [6.07, 6.45) is 0. The van der Waals surface area contributed by atoms with Crippen molar-refractivity contribution in [2.75, 3.05) is 0 Å². The van der Waals surface area contributed by atoms with Gasteiger partial charge in [-0.15, -0.1) is 11.3 Å². The summed E-state index contributed by atoms with van der Waals surface area (Å²) in [5.41, 5.74) is 0.958. The molecule has 1 amide bonds. The van der Waals surface area contributed by atoms with Crippen LogP contribution in [-0.2, 0) is 0 Å². The van der Waals surface area contributed by atoms with Crippen molar-refractivity contribution in [1.29, 1.82) is 0 Å². The zero-order valence-corrected chi connectivity index (χ0v) is 12.4. The minimum absolute atomic E-state index is 0.218. The maximum atomic E-state index is 12.2. The second kappa shape index (κ2) is 6.32. The standard InChI is InChI=1S/C17H12N2O2S/c20-15-11-12-22-17(19(15)14-9-5-2-6-10-14)18-16(21)13-7-3-1-4-8-13/h1-12H. The fraction of sp³-hybridized carbons (Fsp3) is 0. The Bertz CT molecular complexity index is 912. The Hall–Kier alpha value is -2.79. The molecule has 108 valence electrons. The Kier molecular flexibility index (Phi) is 4.07. The number of para-hydroxylation sites is 1. The summed E-state index contributed by atoms with van der Waals surface area (Å²) in [5, 5.41) is 1.64. The molecule has 0 N–H and O–H groups in total. The fourth-order valence-electron chi connectivity index (χ4n) is 2.00. The van der Waals surface area contributed by atoms with Crippen molar-refractivity contribution >= 4 is 17.2 Å². The SMILES string of the molecule is O=C(N=c1sccc(=O)n1-c1ccccc1)c1ccccc1. The van der Waals surface area contributed by atoms with E-state index < -0.39 is 0 Å². The molecule has 0 bridgehead atoms. The maximum Gasteiger partial charge on any atom is 0.279 e. The van der Waals surface area contributed by atoms with Gasteiger partial charge in [0.25, 0.3) is 11.5 Å². The van der Waals surface area contributed by atoms with E-state index in [2.05, 4.69) is 4.99 Å². The van der Waals surface area contributed by atoms with Crippen molar-refractivity contribution in [1.82, 2.24) is 4.57 Å². The molecular weight excluding hydrogens is 296 g/mol. The summed E-state index contributed by atoms with van der Waals surface area (Å²) in [4.78, 5) is 28.9. The number of nitrogens with zero attached hydrogens (tertiary/aromatic N) is 2. The summed E-state index contributed by atoms with van der Waals surface area (Å²) in [6.45, 7) is 0. The van der Waals surface area contributed by atoms with Crippen LogP contribution in [0.15, 0.2) is 81.9 Å². The van der Waals surface area contributed by atoms with Gasteiger partial charge < -0.3 is 0 Å². The van der Waals surface area contributed by atoms with Gasteiger partial charge in [0.05, 0.1) is 5.69 Å². The molecule has 3 rings (SSSR count). The molecule has 0 aliphatic rings. The van der Waals surface area contributed by atoms with Gasteiger partial charge in [0.2, 0.25) is 4.80 Å². The monoisotopic (exact) mass is 308 g/mol. The number of rotatable bonds is 2. The minimum atomic E-state index is -0.368. The van der Waals surface area contributed by atoms with Gasteiger partial charge in [0, 0.05) is 11.6 Å². The number of carbonyl (C=O) groups is 1. The van der Waals surface area contributed by atoms with Crippen molar-refractivity contribution in [2.24, 2.45) is 4.99 Å². The van der Waals surface area contributed by atoms with Crippen LogP contribution >= 0.6 is 11.3 Å². The lowest BCUT2D eigenvalue weighted by molar-refractivity contribution is 0.0998. The Morgan fingerprint density at radius 2 is 1.55 bits per heavy atom. The number of hydrogen-bond donors (Lipinski definition) is 0. The van der Waals surface area contributed by atoms with Crippen LogP contribution in [0.3, 0.4) is 0 Å². The smallest absolute Gasteiger partial charge is 0.269 e. The molecule has 0 fully saturated rings. The van der Waals surface area contributed by atoms with E-state index in [1.165, 1.54) is 22.0 Å². The van der Waals surface area contributed by atoms with Gasteiger partial charge in [-0.1, -0.05) is 36.4 Å². The van der Waals surface area contributed by atoms with Gasteiger partial charge >= 0.3 is 0 Å².